The number of unbranched alkanes of at least 4 members (excludes halogenated alkanes) is 2. The van der Waals surface area contributed by atoms with E-state index in [1.807, 2.05) is 26.1 Å². The highest BCUT2D eigenvalue weighted by molar-refractivity contribution is 7.89. The summed E-state index contributed by atoms with van der Waals surface area (Å²) >= 11 is 0. The van der Waals surface area contributed by atoms with Crippen LogP contribution in [0.15, 0.2) is 29.2 Å². The van der Waals surface area contributed by atoms with Crippen molar-refractivity contribution in [2.75, 3.05) is 20.6 Å². The maximum atomic E-state index is 12.4. The highest BCUT2D eigenvalue weighted by Gasteiger charge is 2.20. The average molecular weight is 298 g/mol. The molecule has 0 aliphatic carbocycles. The molecule has 4 nitrogen and oxygen atoms in total. The Morgan fingerprint density at radius 1 is 1.20 bits per heavy atom. The van der Waals surface area contributed by atoms with E-state index in [4.69, 9.17) is 0 Å². The van der Waals surface area contributed by atoms with Crippen molar-refractivity contribution in [1.29, 1.82) is 0 Å². The molecule has 0 aliphatic rings. The number of sulfonamides is 1. The van der Waals surface area contributed by atoms with E-state index in [0.29, 0.717) is 11.4 Å². The summed E-state index contributed by atoms with van der Waals surface area (Å²) in [6.07, 6.45) is 3.05. The first-order chi connectivity index (χ1) is 9.43. The minimum absolute atomic E-state index is 0.217. The molecule has 0 aliphatic heterocycles. The molecular weight excluding hydrogens is 272 g/mol. The van der Waals surface area contributed by atoms with Crippen LogP contribution in [0, 0.1) is 0 Å². The Labute approximate surface area is 123 Å². The van der Waals surface area contributed by atoms with Gasteiger partial charge in [-0.2, -0.15) is 0 Å². The standard InChI is InChI=1S/C15H26N2O2S/c1-5-6-7-12-17(4)20(18,19)15-10-8-14(9-11-15)13(2)16-3/h8-11,13,16H,5-7,12H2,1-4H3. The monoisotopic (exact) mass is 298 g/mol. The van der Waals surface area contributed by atoms with Crippen molar-refractivity contribution >= 4 is 10.0 Å². The van der Waals surface area contributed by atoms with Crippen molar-refractivity contribution in [2.45, 2.75) is 44.0 Å². The Bertz CT molecular complexity index is 497. The van der Waals surface area contributed by atoms with Crippen LogP contribution in [-0.2, 0) is 10.0 Å². The van der Waals surface area contributed by atoms with Crippen LogP contribution in [0.4, 0.5) is 0 Å². The van der Waals surface area contributed by atoms with Crippen molar-refractivity contribution in [3.05, 3.63) is 29.8 Å². The molecule has 114 valence electrons. The van der Waals surface area contributed by atoms with Gasteiger partial charge in [0.1, 0.15) is 0 Å². The largest absolute Gasteiger partial charge is 0.313 e. The van der Waals surface area contributed by atoms with E-state index >= 15 is 0 Å². The molecule has 1 rings (SSSR count). The number of hydrogen-bond donors (Lipinski definition) is 1. The predicted molar refractivity (Wildman–Crippen MR) is 83.3 cm³/mol. The van der Waals surface area contributed by atoms with Crippen LogP contribution in [0.1, 0.15) is 44.7 Å². The fourth-order valence-corrected chi connectivity index (χ4v) is 3.19. The maximum Gasteiger partial charge on any atom is 0.242 e. The Morgan fingerprint density at radius 2 is 1.80 bits per heavy atom. The lowest BCUT2D eigenvalue weighted by Gasteiger charge is -2.18. The third kappa shape index (κ3) is 4.30. The van der Waals surface area contributed by atoms with Gasteiger partial charge in [-0.3, -0.25) is 0 Å². The lowest BCUT2D eigenvalue weighted by Crippen LogP contribution is -2.28. The van der Waals surface area contributed by atoms with E-state index in [2.05, 4.69) is 12.2 Å². The molecule has 0 saturated carbocycles. The third-order valence-corrected chi connectivity index (χ3v) is 5.47. The maximum absolute atomic E-state index is 12.4. The molecule has 0 saturated heterocycles. The minimum atomic E-state index is -3.36. The van der Waals surface area contributed by atoms with Crippen molar-refractivity contribution < 1.29 is 8.42 Å². The van der Waals surface area contributed by atoms with Gasteiger partial charge < -0.3 is 5.32 Å². The van der Waals surface area contributed by atoms with Crippen LogP contribution in [0.5, 0.6) is 0 Å². The molecule has 0 fully saturated rings. The molecule has 0 spiro atoms. The van der Waals surface area contributed by atoms with Crippen LogP contribution in [0.3, 0.4) is 0 Å². The van der Waals surface area contributed by atoms with Gasteiger partial charge in [0.05, 0.1) is 4.90 Å². The summed E-state index contributed by atoms with van der Waals surface area (Å²) in [7, 11) is 0.178. The number of nitrogens with zero attached hydrogens (tertiary/aromatic N) is 1. The second-order valence-electron chi connectivity index (χ2n) is 5.11. The van der Waals surface area contributed by atoms with E-state index in [1.165, 1.54) is 4.31 Å². The summed E-state index contributed by atoms with van der Waals surface area (Å²) in [6, 6.07) is 7.33. The summed E-state index contributed by atoms with van der Waals surface area (Å²) in [5, 5.41) is 3.14. The molecule has 1 N–H and O–H groups in total. The second-order valence-corrected chi connectivity index (χ2v) is 7.16. The summed E-state index contributed by atoms with van der Waals surface area (Å²) in [6.45, 7) is 4.72. The summed E-state index contributed by atoms with van der Waals surface area (Å²) in [5.41, 5.74) is 1.08. The van der Waals surface area contributed by atoms with Gasteiger partial charge in [0.2, 0.25) is 10.0 Å². The average Bonchev–Trinajstić information content (AvgIpc) is 2.46. The zero-order valence-electron chi connectivity index (χ0n) is 12.9. The van der Waals surface area contributed by atoms with E-state index in [1.54, 1.807) is 19.2 Å². The van der Waals surface area contributed by atoms with E-state index in [9.17, 15) is 8.42 Å². The van der Waals surface area contributed by atoms with E-state index in [-0.39, 0.29) is 6.04 Å². The van der Waals surface area contributed by atoms with Gasteiger partial charge in [0.25, 0.3) is 0 Å². The molecule has 0 bridgehead atoms. The SMILES string of the molecule is CCCCCN(C)S(=O)(=O)c1ccc(C(C)NC)cc1. The van der Waals surface area contributed by atoms with Gasteiger partial charge in [-0.05, 0) is 38.1 Å². The minimum Gasteiger partial charge on any atom is -0.313 e. The third-order valence-electron chi connectivity index (χ3n) is 3.60. The van der Waals surface area contributed by atoms with Crippen LogP contribution >= 0.6 is 0 Å². The Hall–Kier alpha value is -0.910. The van der Waals surface area contributed by atoms with E-state index < -0.39 is 10.0 Å². The molecule has 1 atom stereocenters. The van der Waals surface area contributed by atoms with Gasteiger partial charge in [0, 0.05) is 19.6 Å². The van der Waals surface area contributed by atoms with Gasteiger partial charge in [0.15, 0.2) is 0 Å². The van der Waals surface area contributed by atoms with Crippen molar-refractivity contribution in [2.24, 2.45) is 0 Å². The Kier molecular flexibility index (Phi) is 6.65. The summed E-state index contributed by atoms with van der Waals surface area (Å²) in [4.78, 5) is 0.364. The fraction of sp³-hybridized carbons (Fsp3) is 0.600. The van der Waals surface area contributed by atoms with Crippen LogP contribution in [-0.4, -0.2) is 33.4 Å². The molecular formula is C15H26N2O2S. The van der Waals surface area contributed by atoms with Gasteiger partial charge >= 0.3 is 0 Å². The first-order valence-corrected chi connectivity index (χ1v) is 8.61. The summed E-state index contributed by atoms with van der Waals surface area (Å²) < 4.78 is 26.2. The van der Waals surface area contributed by atoms with E-state index in [0.717, 1.165) is 24.8 Å². The van der Waals surface area contributed by atoms with Crippen LogP contribution in [0.25, 0.3) is 0 Å². The van der Waals surface area contributed by atoms with Crippen molar-refractivity contribution in [3.63, 3.8) is 0 Å². The van der Waals surface area contributed by atoms with Gasteiger partial charge in [-0.1, -0.05) is 31.9 Å². The molecule has 1 aromatic carbocycles. The topological polar surface area (TPSA) is 49.4 Å². The lowest BCUT2D eigenvalue weighted by molar-refractivity contribution is 0.454. The lowest BCUT2D eigenvalue weighted by atomic mass is 10.1. The zero-order valence-corrected chi connectivity index (χ0v) is 13.7. The molecule has 0 aromatic heterocycles. The highest BCUT2D eigenvalue weighted by Crippen LogP contribution is 2.18. The van der Waals surface area contributed by atoms with Crippen LogP contribution in [0.2, 0.25) is 0 Å². The Morgan fingerprint density at radius 3 is 2.30 bits per heavy atom. The fourth-order valence-electron chi connectivity index (χ4n) is 1.98. The Balaban J connectivity index is 2.82. The van der Waals surface area contributed by atoms with Crippen molar-refractivity contribution in [3.8, 4) is 0 Å². The molecule has 1 unspecified atom stereocenters. The van der Waals surface area contributed by atoms with Crippen molar-refractivity contribution in [1.82, 2.24) is 9.62 Å². The molecule has 0 amide bonds. The second kappa shape index (κ2) is 7.76. The first-order valence-electron chi connectivity index (χ1n) is 7.17. The smallest absolute Gasteiger partial charge is 0.242 e. The number of hydrogen-bond acceptors (Lipinski definition) is 3. The molecule has 5 heteroatoms. The molecule has 0 radical (unpaired) electrons. The molecule has 0 heterocycles. The number of benzene rings is 1. The van der Waals surface area contributed by atoms with Crippen LogP contribution < -0.4 is 5.32 Å². The number of rotatable bonds is 8. The predicted octanol–water partition coefficient (Wildman–Crippen LogP) is 2.78. The highest BCUT2D eigenvalue weighted by atomic mass is 32.2. The van der Waals surface area contributed by atoms with Gasteiger partial charge in [-0.25, -0.2) is 12.7 Å². The van der Waals surface area contributed by atoms with Gasteiger partial charge in [-0.15, -0.1) is 0 Å². The molecule has 1 aromatic rings. The molecule has 20 heavy (non-hydrogen) atoms. The number of nitrogens with one attached hydrogen (secondary N) is 1. The zero-order chi connectivity index (χ0) is 15.2. The summed E-state index contributed by atoms with van der Waals surface area (Å²) in [5.74, 6) is 0. The first kappa shape index (κ1) is 17.1. The normalized spacial score (nSPS) is 13.7. The quantitative estimate of drug-likeness (QED) is 0.751.